The number of alkyl carbamates (subject to hydrolysis) is 1. The number of carboxylic acid groups (broad SMARTS) is 1. The molecule has 2 amide bonds. The Morgan fingerprint density at radius 3 is 2.35 bits per heavy atom. The molecule has 0 aliphatic heterocycles. The molecule has 1 unspecified atom stereocenters. The highest BCUT2D eigenvalue weighted by molar-refractivity contribution is 7.09. The van der Waals surface area contributed by atoms with E-state index in [1.165, 1.54) is 27.8 Å². The molecule has 1 aliphatic carbocycles. The molecule has 0 bridgehead atoms. The van der Waals surface area contributed by atoms with Crippen LogP contribution in [0.2, 0.25) is 0 Å². The lowest BCUT2D eigenvalue weighted by Crippen LogP contribution is -2.35. The third kappa shape index (κ3) is 5.43. The second-order valence-electron chi connectivity index (χ2n) is 8.12. The first-order chi connectivity index (χ1) is 16.4. The van der Waals surface area contributed by atoms with Gasteiger partial charge in [-0.05, 0) is 35.6 Å². The minimum Gasteiger partial charge on any atom is -0.476 e. The molecule has 2 aromatic carbocycles. The minimum atomic E-state index is -1.10. The summed E-state index contributed by atoms with van der Waals surface area (Å²) in [7, 11) is 0. The number of rotatable bonds is 9. The van der Waals surface area contributed by atoms with E-state index < -0.39 is 12.1 Å². The molecule has 1 heterocycles. The van der Waals surface area contributed by atoms with Crippen LogP contribution in [0.5, 0.6) is 0 Å². The number of nitrogens with zero attached hydrogens (tertiary/aromatic N) is 1. The highest BCUT2D eigenvalue weighted by Gasteiger charge is 2.29. The molecule has 8 nitrogen and oxygen atoms in total. The van der Waals surface area contributed by atoms with Crippen molar-refractivity contribution in [2.45, 2.75) is 38.3 Å². The van der Waals surface area contributed by atoms with Crippen molar-refractivity contribution in [3.63, 3.8) is 0 Å². The van der Waals surface area contributed by atoms with Crippen molar-refractivity contribution in [1.29, 1.82) is 0 Å². The minimum absolute atomic E-state index is 0.00765. The smallest absolute Gasteiger partial charge is 0.407 e. The Hall–Kier alpha value is -3.72. The number of amides is 2. The van der Waals surface area contributed by atoms with E-state index in [0.717, 1.165) is 11.1 Å². The van der Waals surface area contributed by atoms with Gasteiger partial charge in [-0.25, -0.2) is 14.6 Å². The largest absolute Gasteiger partial charge is 0.476 e. The lowest BCUT2D eigenvalue weighted by atomic mass is 9.98. The molecule has 176 valence electrons. The summed E-state index contributed by atoms with van der Waals surface area (Å²) >= 11 is 1.18. The maximum absolute atomic E-state index is 12.4. The number of aromatic carboxylic acids is 1. The number of nitrogens with one attached hydrogen (secondary N) is 2. The summed E-state index contributed by atoms with van der Waals surface area (Å²) < 4.78 is 5.54. The van der Waals surface area contributed by atoms with Crippen LogP contribution in [0.25, 0.3) is 11.1 Å². The molecule has 1 aromatic heterocycles. The number of ether oxygens (including phenoxy) is 1. The van der Waals surface area contributed by atoms with E-state index in [9.17, 15) is 14.4 Å². The van der Waals surface area contributed by atoms with E-state index in [-0.39, 0.29) is 43.1 Å². The molecule has 0 radical (unpaired) electrons. The number of hydrogen-bond donors (Lipinski definition) is 3. The summed E-state index contributed by atoms with van der Waals surface area (Å²) in [6.45, 7) is 2.22. The van der Waals surface area contributed by atoms with Gasteiger partial charge in [-0.1, -0.05) is 48.5 Å². The molecule has 0 saturated heterocycles. The van der Waals surface area contributed by atoms with Crippen molar-refractivity contribution in [2.75, 3.05) is 6.61 Å². The van der Waals surface area contributed by atoms with Gasteiger partial charge in [0.25, 0.3) is 0 Å². The molecule has 0 fully saturated rings. The molecule has 1 aliphatic rings. The Kier molecular flexibility index (Phi) is 7.22. The normalized spacial score (nSPS) is 13.0. The Morgan fingerprint density at radius 1 is 1.09 bits per heavy atom. The first-order valence-electron chi connectivity index (χ1n) is 11.0. The van der Waals surface area contributed by atoms with Crippen LogP contribution in [0, 0.1) is 0 Å². The Labute approximate surface area is 201 Å². The van der Waals surface area contributed by atoms with Crippen LogP contribution in [0.15, 0.2) is 53.9 Å². The monoisotopic (exact) mass is 479 g/mol. The van der Waals surface area contributed by atoms with Crippen molar-refractivity contribution in [3.8, 4) is 11.1 Å². The van der Waals surface area contributed by atoms with Gasteiger partial charge >= 0.3 is 12.1 Å². The predicted molar refractivity (Wildman–Crippen MR) is 128 cm³/mol. The van der Waals surface area contributed by atoms with Crippen LogP contribution < -0.4 is 10.6 Å². The third-order valence-corrected chi connectivity index (χ3v) is 6.57. The molecular weight excluding hydrogens is 454 g/mol. The lowest BCUT2D eigenvalue weighted by Gasteiger charge is -2.17. The van der Waals surface area contributed by atoms with Crippen molar-refractivity contribution in [3.05, 3.63) is 75.7 Å². The second-order valence-corrected chi connectivity index (χ2v) is 9.06. The number of carboxylic acids is 1. The Bertz CT molecular complexity index is 1160. The van der Waals surface area contributed by atoms with Crippen LogP contribution in [-0.2, 0) is 16.1 Å². The molecule has 1 atom stereocenters. The van der Waals surface area contributed by atoms with Crippen LogP contribution in [-0.4, -0.2) is 40.7 Å². The summed E-state index contributed by atoms with van der Waals surface area (Å²) in [6.07, 6.45) is 0.134. The van der Waals surface area contributed by atoms with Crippen molar-refractivity contribution >= 4 is 29.3 Å². The van der Waals surface area contributed by atoms with Crippen molar-refractivity contribution in [2.24, 2.45) is 0 Å². The zero-order valence-electron chi connectivity index (χ0n) is 18.6. The SMILES string of the molecule is CC(CCC(=O)NCc1nc(C(=O)O)cs1)NC(=O)OCC1c2ccccc2-c2ccccc21. The molecule has 34 heavy (non-hydrogen) atoms. The van der Waals surface area contributed by atoms with Gasteiger partial charge in [-0.3, -0.25) is 4.79 Å². The maximum atomic E-state index is 12.4. The van der Waals surface area contributed by atoms with Gasteiger partial charge in [0.15, 0.2) is 5.69 Å². The third-order valence-electron chi connectivity index (χ3n) is 5.72. The van der Waals surface area contributed by atoms with Gasteiger partial charge in [0.1, 0.15) is 11.6 Å². The fraction of sp³-hybridized carbons (Fsp3) is 0.280. The molecule has 4 rings (SSSR count). The van der Waals surface area contributed by atoms with Crippen molar-refractivity contribution in [1.82, 2.24) is 15.6 Å². The van der Waals surface area contributed by atoms with Crippen molar-refractivity contribution < 1.29 is 24.2 Å². The molecule has 3 aromatic rings. The number of hydrogen-bond acceptors (Lipinski definition) is 6. The summed E-state index contributed by atoms with van der Waals surface area (Å²) in [4.78, 5) is 39.2. The Balaban J connectivity index is 1.21. The molecule has 3 N–H and O–H groups in total. The van der Waals surface area contributed by atoms with Gasteiger partial charge in [0.05, 0.1) is 6.54 Å². The number of carbonyl (C=O) groups excluding carboxylic acids is 2. The second kappa shape index (κ2) is 10.5. The average Bonchev–Trinajstić information content (AvgIpc) is 3.43. The van der Waals surface area contributed by atoms with Crippen LogP contribution >= 0.6 is 11.3 Å². The van der Waals surface area contributed by atoms with Gasteiger partial charge in [-0.15, -0.1) is 11.3 Å². The highest BCUT2D eigenvalue weighted by Crippen LogP contribution is 2.44. The fourth-order valence-corrected chi connectivity index (χ4v) is 4.72. The van der Waals surface area contributed by atoms with Crippen LogP contribution in [0.3, 0.4) is 0 Å². The van der Waals surface area contributed by atoms with Gasteiger partial charge < -0.3 is 20.5 Å². The summed E-state index contributed by atoms with van der Waals surface area (Å²) in [6, 6.07) is 16.0. The highest BCUT2D eigenvalue weighted by atomic mass is 32.1. The molecular formula is C25H25N3O5S. The van der Waals surface area contributed by atoms with Gasteiger partial charge in [0.2, 0.25) is 5.91 Å². The number of fused-ring (bicyclic) bond motifs is 3. The standard InChI is InChI=1S/C25H25N3O5S/c1-15(10-11-22(29)26-12-23-28-21(14-34-23)24(30)31)27-25(32)33-13-20-18-8-4-2-6-16(18)17-7-3-5-9-19(17)20/h2-9,14-15,20H,10-13H2,1H3,(H,26,29)(H,27,32)(H,30,31). The first kappa shape index (κ1) is 23.4. The number of aromatic nitrogens is 1. The first-order valence-corrected chi connectivity index (χ1v) is 11.9. The van der Waals surface area contributed by atoms with E-state index in [1.54, 1.807) is 0 Å². The van der Waals surface area contributed by atoms with Gasteiger partial charge in [-0.2, -0.15) is 0 Å². The number of thiazole rings is 1. The predicted octanol–water partition coefficient (Wildman–Crippen LogP) is 4.16. The van der Waals surface area contributed by atoms with E-state index in [1.807, 2.05) is 31.2 Å². The summed E-state index contributed by atoms with van der Waals surface area (Å²) in [5.74, 6) is -1.30. The summed E-state index contributed by atoms with van der Waals surface area (Å²) in [5, 5.41) is 16.3. The molecule has 0 spiro atoms. The van der Waals surface area contributed by atoms with E-state index in [4.69, 9.17) is 9.84 Å². The van der Waals surface area contributed by atoms with E-state index >= 15 is 0 Å². The topological polar surface area (TPSA) is 118 Å². The molecule has 0 saturated carbocycles. The zero-order valence-corrected chi connectivity index (χ0v) is 19.4. The lowest BCUT2D eigenvalue weighted by molar-refractivity contribution is -0.121. The fourth-order valence-electron chi connectivity index (χ4n) is 4.01. The zero-order chi connectivity index (χ0) is 24.1. The quantitative estimate of drug-likeness (QED) is 0.424. The van der Waals surface area contributed by atoms with E-state index in [0.29, 0.717) is 11.4 Å². The Morgan fingerprint density at radius 2 is 1.74 bits per heavy atom. The van der Waals surface area contributed by atoms with Gasteiger partial charge in [0, 0.05) is 23.8 Å². The molecule has 9 heteroatoms. The van der Waals surface area contributed by atoms with E-state index in [2.05, 4.69) is 39.9 Å². The average molecular weight is 480 g/mol. The van der Waals surface area contributed by atoms with Crippen LogP contribution in [0.1, 0.15) is 52.3 Å². The number of benzene rings is 2. The summed E-state index contributed by atoms with van der Waals surface area (Å²) in [5.41, 5.74) is 4.61. The van der Waals surface area contributed by atoms with Crippen LogP contribution in [0.4, 0.5) is 4.79 Å². The maximum Gasteiger partial charge on any atom is 0.407 e. The number of carbonyl (C=O) groups is 3.